The Balaban J connectivity index is 1.75. The number of phenolic OH excluding ortho intramolecular Hbond substituents is 1. The third-order valence-corrected chi connectivity index (χ3v) is 9.27. The number of primary amides is 1. The van der Waals surface area contributed by atoms with Crippen molar-refractivity contribution >= 4 is 64.5 Å². The number of rotatable bonds is 1. The molecule has 2 saturated heterocycles. The molecular weight excluding hydrogens is 509 g/mol. The molecular formula is C22H18Cl3N3O6. The third-order valence-electron chi connectivity index (χ3n) is 7.53. The molecule has 178 valence electrons. The number of carbonyl (C=O) groups is 5. The number of alkyl halides is 2. The van der Waals surface area contributed by atoms with Crippen molar-refractivity contribution in [3.63, 3.8) is 0 Å². The molecule has 2 aliphatic heterocycles. The van der Waals surface area contributed by atoms with Gasteiger partial charge >= 0.3 is 6.03 Å². The standard InChI is InChI=1S/C22H18Cl3N3O6/c1-27-18(32)21(24)7-12-9(4-5-11-14(12)17(31)28(16(11)30)20(26)34)15(22(21,25)19(27)33)10-3-2-8(29)6-13(10)23/h2-4,6,11-12,14-15,29H,5,7H2,1H3,(H2,26,34). The average molecular weight is 527 g/mol. The zero-order valence-corrected chi connectivity index (χ0v) is 19.9. The van der Waals surface area contributed by atoms with Crippen LogP contribution in [-0.2, 0) is 19.2 Å². The number of urea groups is 1. The van der Waals surface area contributed by atoms with Crippen LogP contribution in [0.1, 0.15) is 24.3 Å². The first kappa shape index (κ1) is 23.1. The number of allylic oxidation sites excluding steroid dienone is 2. The Morgan fingerprint density at radius 3 is 2.41 bits per heavy atom. The molecule has 1 aromatic carbocycles. The molecule has 4 aliphatic rings. The van der Waals surface area contributed by atoms with E-state index in [2.05, 4.69) is 0 Å². The van der Waals surface area contributed by atoms with E-state index in [0.717, 1.165) is 4.90 Å². The molecule has 1 aromatic rings. The minimum atomic E-state index is -1.98. The number of likely N-dealkylation sites (tertiary alicyclic amines) is 2. The van der Waals surface area contributed by atoms with Gasteiger partial charge in [-0.2, -0.15) is 4.90 Å². The summed E-state index contributed by atoms with van der Waals surface area (Å²) in [6.07, 6.45) is 1.58. The quantitative estimate of drug-likeness (QED) is 0.327. The first-order chi connectivity index (χ1) is 15.9. The predicted molar refractivity (Wildman–Crippen MR) is 120 cm³/mol. The zero-order chi connectivity index (χ0) is 24.9. The summed E-state index contributed by atoms with van der Waals surface area (Å²) in [5, 5.41) is 9.93. The number of nitrogens with two attached hydrogens (primary N) is 1. The van der Waals surface area contributed by atoms with E-state index < -0.39 is 63.1 Å². The zero-order valence-electron chi connectivity index (χ0n) is 17.6. The fourth-order valence-corrected chi connectivity index (χ4v) is 7.35. The van der Waals surface area contributed by atoms with Gasteiger partial charge in [-0.3, -0.25) is 24.1 Å². The summed E-state index contributed by atoms with van der Waals surface area (Å²) in [7, 11) is 1.27. The Kier molecular flexibility index (Phi) is 4.89. The molecule has 12 heteroatoms. The molecule has 5 rings (SSSR count). The van der Waals surface area contributed by atoms with Crippen molar-refractivity contribution in [3.05, 3.63) is 40.4 Å². The minimum Gasteiger partial charge on any atom is -0.508 e. The van der Waals surface area contributed by atoms with E-state index in [1.165, 1.54) is 25.2 Å². The Hall–Kier alpha value is -2.62. The van der Waals surface area contributed by atoms with Gasteiger partial charge in [-0.15, -0.1) is 23.2 Å². The van der Waals surface area contributed by atoms with Gasteiger partial charge in [0.15, 0.2) is 9.75 Å². The number of halogens is 3. The van der Waals surface area contributed by atoms with Crippen LogP contribution in [-0.4, -0.2) is 61.4 Å². The number of fused-ring (bicyclic) bond motifs is 4. The molecule has 2 aliphatic carbocycles. The maximum atomic E-state index is 13.4. The lowest BCUT2D eigenvalue weighted by Crippen LogP contribution is -2.60. The molecule has 6 unspecified atom stereocenters. The van der Waals surface area contributed by atoms with Crippen LogP contribution in [0.5, 0.6) is 5.75 Å². The second-order valence-electron chi connectivity index (χ2n) is 9.05. The Bertz CT molecular complexity index is 1250. The van der Waals surface area contributed by atoms with E-state index in [0.29, 0.717) is 16.0 Å². The summed E-state index contributed by atoms with van der Waals surface area (Å²) in [5.74, 6) is -6.79. The molecule has 0 spiro atoms. The van der Waals surface area contributed by atoms with Crippen LogP contribution in [0.15, 0.2) is 29.8 Å². The van der Waals surface area contributed by atoms with E-state index in [9.17, 15) is 29.1 Å². The summed E-state index contributed by atoms with van der Waals surface area (Å²) in [6.45, 7) is 0. The smallest absolute Gasteiger partial charge is 0.328 e. The number of aromatic hydroxyl groups is 1. The van der Waals surface area contributed by atoms with Crippen molar-refractivity contribution in [2.24, 2.45) is 23.5 Å². The van der Waals surface area contributed by atoms with Crippen molar-refractivity contribution in [1.29, 1.82) is 0 Å². The molecule has 3 N–H and O–H groups in total. The normalized spacial score (nSPS) is 36.9. The number of hydrogen-bond donors (Lipinski definition) is 2. The highest BCUT2D eigenvalue weighted by Gasteiger charge is 2.76. The number of benzene rings is 1. The van der Waals surface area contributed by atoms with Crippen molar-refractivity contribution in [2.75, 3.05) is 7.05 Å². The molecule has 0 bridgehead atoms. The molecule has 0 radical (unpaired) electrons. The molecule has 34 heavy (non-hydrogen) atoms. The molecule has 2 heterocycles. The van der Waals surface area contributed by atoms with Crippen LogP contribution in [0.3, 0.4) is 0 Å². The maximum Gasteiger partial charge on any atom is 0.328 e. The lowest BCUT2D eigenvalue weighted by Gasteiger charge is -2.51. The molecule has 1 saturated carbocycles. The van der Waals surface area contributed by atoms with Gasteiger partial charge in [0.1, 0.15) is 5.75 Å². The highest BCUT2D eigenvalue weighted by atomic mass is 35.5. The molecule has 6 amide bonds. The van der Waals surface area contributed by atoms with Gasteiger partial charge < -0.3 is 10.8 Å². The number of nitrogens with zero attached hydrogens (tertiary/aromatic N) is 2. The number of imide groups is 4. The van der Waals surface area contributed by atoms with Crippen LogP contribution >= 0.6 is 34.8 Å². The van der Waals surface area contributed by atoms with Gasteiger partial charge in [-0.1, -0.05) is 29.3 Å². The van der Waals surface area contributed by atoms with Gasteiger partial charge in [-0.25, -0.2) is 4.79 Å². The van der Waals surface area contributed by atoms with Gasteiger partial charge in [0.05, 0.1) is 11.8 Å². The summed E-state index contributed by atoms with van der Waals surface area (Å²) in [6, 6.07) is 2.93. The molecule has 9 nitrogen and oxygen atoms in total. The third kappa shape index (κ3) is 2.60. The van der Waals surface area contributed by atoms with E-state index >= 15 is 0 Å². The van der Waals surface area contributed by atoms with Crippen molar-refractivity contribution in [1.82, 2.24) is 9.80 Å². The second-order valence-corrected chi connectivity index (χ2v) is 10.7. The molecule has 3 fully saturated rings. The summed E-state index contributed by atoms with van der Waals surface area (Å²) in [5.41, 5.74) is 6.12. The topological polar surface area (TPSA) is 138 Å². The van der Waals surface area contributed by atoms with Gasteiger partial charge in [0.25, 0.3) is 11.8 Å². The van der Waals surface area contributed by atoms with Gasteiger partial charge in [0, 0.05) is 18.0 Å². The Labute approximate surface area is 208 Å². The largest absolute Gasteiger partial charge is 0.508 e. The fraction of sp³-hybridized carbons (Fsp3) is 0.409. The van der Waals surface area contributed by atoms with Gasteiger partial charge in [0.2, 0.25) is 11.8 Å². The van der Waals surface area contributed by atoms with E-state index in [-0.39, 0.29) is 23.6 Å². The SMILES string of the molecule is CN1C(=O)C2(Cl)CC3C(=CCC4C(=O)N(C(N)=O)C(=O)C43)C(c3ccc(O)cc3Cl)C2(Cl)C1=O. The van der Waals surface area contributed by atoms with E-state index in [4.69, 9.17) is 40.5 Å². The van der Waals surface area contributed by atoms with Crippen molar-refractivity contribution in [3.8, 4) is 5.75 Å². The predicted octanol–water partition coefficient (Wildman–Crippen LogP) is 2.11. The lowest BCUT2D eigenvalue weighted by atomic mass is 9.56. The van der Waals surface area contributed by atoms with Crippen LogP contribution in [0.25, 0.3) is 0 Å². The van der Waals surface area contributed by atoms with Crippen molar-refractivity contribution in [2.45, 2.75) is 28.5 Å². The first-order valence-corrected chi connectivity index (χ1v) is 11.6. The van der Waals surface area contributed by atoms with Crippen LogP contribution < -0.4 is 5.73 Å². The van der Waals surface area contributed by atoms with Crippen LogP contribution in [0.4, 0.5) is 4.79 Å². The number of amides is 6. The maximum absolute atomic E-state index is 13.4. The van der Waals surface area contributed by atoms with Crippen molar-refractivity contribution < 1.29 is 29.1 Å². The highest BCUT2D eigenvalue weighted by molar-refractivity contribution is 6.53. The number of hydrogen-bond acceptors (Lipinski definition) is 6. The van der Waals surface area contributed by atoms with Crippen LogP contribution in [0, 0.1) is 17.8 Å². The monoisotopic (exact) mass is 525 g/mol. The average Bonchev–Trinajstić information content (AvgIpc) is 3.10. The summed E-state index contributed by atoms with van der Waals surface area (Å²) < 4.78 is 0. The molecule has 6 atom stereocenters. The second kappa shape index (κ2) is 7.19. The summed E-state index contributed by atoms with van der Waals surface area (Å²) >= 11 is 20.4. The van der Waals surface area contributed by atoms with Crippen LogP contribution in [0.2, 0.25) is 5.02 Å². The first-order valence-electron chi connectivity index (χ1n) is 10.4. The minimum absolute atomic E-state index is 0.0788. The van der Waals surface area contributed by atoms with E-state index in [1.807, 2.05) is 0 Å². The molecule has 0 aromatic heterocycles. The number of phenols is 1. The number of carbonyl (C=O) groups excluding carboxylic acids is 5. The fourth-order valence-electron chi connectivity index (χ4n) is 6.06. The lowest BCUT2D eigenvalue weighted by molar-refractivity contribution is -0.139. The van der Waals surface area contributed by atoms with E-state index in [1.54, 1.807) is 6.08 Å². The Morgan fingerprint density at radius 1 is 1.12 bits per heavy atom. The Morgan fingerprint density at radius 2 is 1.79 bits per heavy atom. The summed E-state index contributed by atoms with van der Waals surface area (Å²) in [4.78, 5) is 61.7. The van der Waals surface area contributed by atoms with Gasteiger partial charge in [-0.05, 0) is 36.5 Å². The highest BCUT2D eigenvalue weighted by Crippen LogP contribution is 2.65.